The van der Waals surface area contributed by atoms with E-state index in [0.29, 0.717) is 49.8 Å². The van der Waals surface area contributed by atoms with Crippen molar-refractivity contribution in [1.29, 1.82) is 0 Å². The van der Waals surface area contributed by atoms with Crippen molar-refractivity contribution >= 4 is 11.9 Å². The Kier molecular flexibility index (Phi) is 6.20. The Morgan fingerprint density at radius 1 is 1.03 bits per heavy atom. The van der Waals surface area contributed by atoms with E-state index in [1.807, 2.05) is 41.3 Å². The van der Waals surface area contributed by atoms with E-state index in [9.17, 15) is 4.79 Å². The molecule has 8 heteroatoms. The number of nitrogens with zero attached hydrogens (tertiary/aromatic N) is 3. The van der Waals surface area contributed by atoms with Crippen molar-refractivity contribution < 1.29 is 19.0 Å². The minimum atomic E-state index is 0.0119. The molecule has 0 bridgehead atoms. The van der Waals surface area contributed by atoms with Gasteiger partial charge in [-0.1, -0.05) is 12.1 Å². The Bertz CT molecular complexity index is 1170. The van der Waals surface area contributed by atoms with Crippen LogP contribution in [0.25, 0.3) is 0 Å². The monoisotopic (exact) mass is 460 g/mol. The average molecular weight is 461 g/mol. The molecule has 0 spiro atoms. The molecule has 2 N–H and O–H groups in total. The maximum Gasteiger partial charge on any atom is 0.253 e. The number of hydrogen-bond donors (Lipinski definition) is 1. The van der Waals surface area contributed by atoms with E-state index in [4.69, 9.17) is 19.9 Å². The van der Waals surface area contributed by atoms with Gasteiger partial charge in [0.1, 0.15) is 19.0 Å². The summed E-state index contributed by atoms with van der Waals surface area (Å²) >= 11 is 0. The van der Waals surface area contributed by atoms with Gasteiger partial charge in [-0.05, 0) is 54.8 Å². The van der Waals surface area contributed by atoms with Crippen LogP contribution in [-0.2, 0) is 6.42 Å². The van der Waals surface area contributed by atoms with Gasteiger partial charge in [0.15, 0.2) is 11.5 Å². The molecule has 2 aliphatic rings. The number of ether oxygens (including phenoxy) is 3. The van der Waals surface area contributed by atoms with Gasteiger partial charge in [-0.3, -0.25) is 4.79 Å². The topological polar surface area (TPSA) is 99.8 Å². The van der Waals surface area contributed by atoms with E-state index < -0.39 is 0 Å². The van der Waals surface area contributed by atoms with Crippen LogP contribution < -0.4 is 19.9 Å². The van der Waals surface area contributed by atoms with Gasteiger partial charge in [-0.15, -0.1) is 0 Å². The van der Waals surface area contributed by atoms with Crippen molar-refractivity contribution in [3.63, 3.8) is 0 Å². The summed E-state index contributed by atoms with van der Waals surface area (Å²) in [5.74, 6) is 2.68. The number of likely N-dealkylation sites (tertiary alicyclic amines) is 1. The second-order valence-electron chi connectivity index (χ2n) is 8.59. The number of nitrogen functional groups attached to an aromatic ring is 1. The Hall–Kier alpha value is -3.81. The van der Waals surface area contributed by atoms with Gasteiger partial charge < -0.3 is 24.8 Å². The van der Waals surface area contributed by atoms with E-state index in [-0.39, 0.29) is 17.8 Å². The van der Waals surface area contributed by atoms with E-state index in [2.05, 4.69) is 9.97 Å². The standard InChI is InChI=1S/C26H28N4O4/c1-32-21-5-2-17(3-6-21)14-20-16-22(29-26(27)28-20)18-8-10-30(11-9-18)25(31)19-4-7-23-24(15-19)34-13-12-33-23/h2-7,15-16,18H,8-14H2,1H3,(H2,27,28,29). The highest BCUT2D eigenvalue weighted by Crippen LogP contribution is 2.33. The van der Waals surface area contributed by atoms with Crippen LogP contribution in [-0.4, -0.2) is 54.2 Å². The smallest absolute Gasteiger partial charge is 0.253 e. The Balaban J connectivity index is 1.24. The second-order valence-corrected chi connectivity index (χ2v) is 8.59. The first-order valence-corrected chi connectivity index (χ1v) is 11.5. The largest absolute Gasteiger partial charge is 0.497 e. The van der Waals surface area contributed by atoms with Crippen LogP contribution in [0.4, 0.5) is 5.95 Å². The van der Waals surface area contributed by atoms with Gasteiger partial charge in [0.05, 0.1) is 12.8 Å². The molecular weight excluding hydrogens is 432 g/mol. The summed E-state index contributed by atoms with van der Waals surface area (Å²) in [6, 6.07) is 15.4. The highest BCUT2D eigenvalue weighted by atomic mass is 16.6. The third-order valence-corrected chi connectivity index (χ3v) is 6.35. The molecule has 1 amide bonds. The van der Waals surface area contributed by atoms with Gasteiger partial charge in [0.2, 0.25) is 5.95 Å². The quantitative estimate of drug-likeness (QED) is 0.622. The van der Waals surface area contributed by atoms with Crippen LogP contribution in [0.5, 0.6) is 17.2 Å². The number of rotatable bonds is 5. The number of anilines is 1. The second kappa shape index (κ2) is 9.59. The lowest BCUT2D eigenvalue weighted by molar-refractivity contribution is 0.0711. The molecule has 8 nitrogen and oxygen atoms in total. The molecule has 34 heavy (non-hydrogen) atoms. The molecule has 5 rings (SSSR count). The fourth-order valence-corrected chi connectivity index (χ4v) is 4.53. The number of fused-ring (bicyclic) bond motifs is 1. The van der Waals surface area contributed by atoms with E-state index >= 15 is 0 Å². The lowest BCUT2D eigenvalue weighted by atomic mass is 9.92. The Labute approximate surface area is 198 Å². The van der Waals surface area contributed by atoms with E-state index in [1.54, 1.807) is 19.2 Å². The number of methoxy groups -OCH3 is 1. The zero-order valence-electron chi connectivity index (χ0n) is 19.2. The first-order chi connectivity index (χ1) is 16.6. The van der Waals surface area contributed by atoms with Gasteiger partial charge in [0, 0.05) is 36.7 Å². The van der Waals surface area contributed by atoms with E-state index in [0.717, 1.165) is 35.5 Å². The number of piperidine rings is 1. The maximum absolute atomic E-state index is 13.1. The first kappa shape index (κ1) is 22.0. The molecule has 0 aliphatic carbocycles. The molecule has 2 aliphatic heterocycles. The molecule has 0 radical (unpaired) electrons. The number of hydrogen-bond acceptors (Lipinski definition) is 7. The summed E-state index contributed by atoms with van der Waals surface area (Å²) in [4.78, 5) is 23.9. The maximum atomic E-state index is 13.1. The van der Waals surface area contributed by atoms with Crippen molar-refractivity contribution in [2.24, 2.45) is 0 Å². The minimum absolute atomic E-state index is 0.0119. The molecule has 0 saturated carbocycles. The highest BCUT2D eigenvalue weighted by Gasteiger charge is 2.27. The summed E-state index contributed by atoms with van der Waals surface area (Å²) in [5.41, 5.74) is 9.63. The SMILES string of the molecule is COc1ccc(Cc2cc(C3CCN(C(=O)c4ccc5c(c4)OCCO5)CC3)nc(N)n2)cc1. The van der Waals surface area contributed by atoms with Gasteiger partial charge in [0.25, 0.3) is 5.91 Å². The molecule has 0 atom stereocenters. The van der Waals surface area contributed by atoms with Gasteiger partial charge in [-0.2, -0.15) is 0 Å². The van der Waals surface area contributed by atoms with Crippen molar-refractivity contribution in [2.75, 3.05) is 39.1 Å². The fraction of sp³-hybridized carbons (Fsp3) is 0.346. The number of carbonyl (C=O) groups is 1. The lowest BCUT2D eigenvalue weighted by Gasteiger charge is -2.32. The minimum Gasteiger partial charge on any atom is -0.497 e. The van der Waals surface area contributed by atoms with Crippen molar-refractivity contribution in [2.45, 2.75) is 25.2 Å². The lowest BCUT2D eigenvalue weighted by Crippen LogP contribution is -2.38. The molecular formula is C26H28N4O4. The molecule has 0 unspecified atom stereocenters. The summed E-state index contributed by atoms with van der Waals surface area (Å²) < 4.78 is 16.4. The fourth-order valence-electron chi connectivity index (χ4n) is 4.53. The zero-order chi connectivity index (χ0) is 23.5. The predicted molar refractivity (Wildman–Crippen MR) is 128 cm³/mol. The third-order valence-electron chi connectivity index (χ3n) is 6.35. The summed E-state index contributed by atoms with van der Waals surface area (Å²) in [5, 5.41) is 0. The molecule has 1 aromatic heterocycles. The molecule has 1 saturated heterocycles. The number of benzene rings is 2. The van der Waals surface area contributed by atoms with Crippen molar-refractivity contribution in [3.8, 4) is 17.2 Å². The predicted octanol–water partition coefficient (Wildman–Crippen LogP) is 3.45. The number of amides is 1. The normalized spacial score (nSPS) is 15.7. The van der Waals surface area contributed by atoms with Crippen molar-refractivity contribution in [3.05, 3.63) is 71.0 Å². The number of aromatic nitrogens is 2. The summed E-state index contributed by atoms with van der Waals surface area (Å²) in [7, 11) is 1.65. The number of nitrogens with two attached hydrogens (primary N) is 1. The molecule has 3 heterocycles. The Morgan fingerprint density at radius 3 is 2.50 bits per heavy atom. The van der Waals surface area contributed by atoms with Crippen molar-refractivity contribution in [1.82, 2.24) is 14.9 Å². The number of carbonyl (C=O) groups excluding carboxylic acids is 1. The zero-order valence-corrected chi connectivity index (χ0v) is 19.2. The molecule has 1 fully saturated rings. The van der Waals surface area contributed by atoms with Crippen LogP contribution in [0.1, 0.15) is 46.1 Å². The molecule has 2 aromatic carbocycles. The third kappa shape index (κ3) is 4.76. The summed E-state index contributed by atoms with van der Waals surface area (Å²) in [6.07, 6.45) is 2.33. The van der Waals surface area contributed by atoms with Crippen LogP contribution in [0.3, 0.4) is 0 Å². The molecule has 3 aromatic rings. The van der Waals surface area contributed by atoms with Crippen LogP contribution >= 0.6 is 0 Å². The summed E-state index contributed by atoms with van der Waals surface area (Å²) in [6.45, 7) is 2.35. The molecule has 176 valence electrons. The first-order valence-electron chi connectivity index (χ1n) is 11.5. The van der Waals surface area contributed by atoms with E-state index in [1.165, 1.54) is 0 Å². The Morgan fingerprint density at radius 2 is 1.76 bits per heavy atom. The van der Waals surface area contributed by atoms with Crippen LogP contribution in [0, 0.1) is 0 Å². The average Bonchev–Trinajstić information content (AvgIpc) is 2.88. The van der Waals surface area contributed by atoms with Gasteiger partial charge in [-0.25, -0.2) is 9.97 Å². The van der Waals surface area contributed by atoms with Gasteiger partial charge >= 0.3 is 0 Å². The highest BCUT2D eigenvalue weighted by molar-refractivity contribution is 5.95. The van der Waals surface area contributed by atoms with Crippen LogP contribution in [0.15, 0.2) is 48.5 Å². The van der Waals surface area contributed by atoms with Crippen LogP contribution in [0.2, 0.25) is 0 Å².